The summed E-state index contributed by atoms with van der Waals surface area (Å²) in [7, 11) is 1.32. The number of phenols is 1. The second kappa shape index (κ2) is 6.44. The van der Waals surface area contributed by atoms with E-state index in [1.54, 1.807) is 0 Å². The third-order valence-corrected chi connectivity index (χ3v) is 3.29. The van der Waals surface area contributed by atoms with Crippen LogP contribution in [0.3, 0.4) is 0 Å². The minimum atomic E-state index is -0.497. The molecule has 1 aromatic rings. The van der Waals surface area contributed by atoms with Crippen molar-refractivity contribution in [3.63, 3.8) is 0 Å². The van der Waals surface area contributed by atoms with Gasteiger partial charge in [0.2, 0.25) is 11.7 Å². The fraction of sp³-hybridized carbons (Fsp3) is 0.133. The van der Waals surface area contributed by atoms with Crippen LogP contribution in [0.2, 0.25) is 5.02 Å². The van der Waals surface area contributed by atoms with Gasteiger partial charge in [0.25, 0.3) is 0 Å². The SMILES string of the molecule is COC1=CC(=N)C=C(NC(=O)Cc2ccc(O)cc2Cl)C1=O. The Hall–Kier alpha value is -2.60. The maximum absolute atomic E-state index is 12.0. The second-order valence-electron chi connectivity index (χ2n) is 4.56. The number of Topliss-reactive ketones (excluding diaryl/α,β-unsaturated/α-hetero) is 1. The molecular formula is C15H13ClN2O4. The van der Waals surface area contributed by atoms with Gasteiger partial charge in [-0.25, -0.2) is 0 Å². The number of rotatable bonds is 4. The van der Waals surface area contributed by atoms with Crippen molar-refractivity contribution in [2.75, 3.05) is 7.11 Å². The molecule has 0 spiro atoms. The number of aromatic hydroxyl groups is 1. The van der Waals surface area contributed by atoms with Gasteiger partial charge in [0.1, 0.15) is 5.75 Å². The van der Waals surface area contributed by atoms with E-state index in [2.05, 4.69) is 5.32 Å². The monoisotopic (exact) mass is 320 g/mol. The van der Waals surface area contributed by atoms with Crippen molar-refractivity contribution < 1.29 is 19.4 Å². The molecule has 7 heteroatoms. The normalized spacial score (nSPS) is 14.3. The van der Waals surface area contributed by atoms with E-state index in [-0.39, 0.29) is 34.4 Å². The van der Waals surface area contributed by atoms with Crippen LogP contribution in [0, 0.1) is 5.41 Å². The number of amides is 1. The largest absolute Gasteiger partial charge is 0.508 e. The van der Waals surface area contributed by atoms with Crippen molar-refractivity contribution in [2.45, 2.75) is 6.42 Å². The van der Waals surface area contributed by atoms with Crippen molar-refractivity contribution in [3.05, 3.63) is 52.4 Å². The number of hydrogen-bond donors (Lipinski definition) is 3. The Morgan fingerprint density at radius 3 is 2.77 bits per heavy atom. The van der Waals surface area contributed by atoms with Crippen LogP contribution in [-0.4, -0.2) is 29.6 Å². The summed E-state index contributed by atoms with van der Waals surface area (Å²) in [6.07, 6.45) is 2.46. The molecule has 0 atom stereocenters. The number of benzene rings is 1. The molecule has 0 unspecified atom stereocenters. The Morgan fingerprint density at radius 2 is 2.14 bits per heavy atom. The van der Waals surface area contributed by atoms with Gasteiger partial charge in [0, 0.05) is 11.1 Å². The van der Waals surface area contributed by atoms with Gasteiger partial charge in [-0.15, -0.1) is 0 Å². The molecule has 0 saturated carbocycles. The Bertz CT molecular complexity index is 722. The summed E-state index contributed by atoms with van der Waals surface area (Å²) >= 11 is 5.93. The fourth-order valence-corrected chi connectivity index (χ4v) is 2.14. The van der Waals surface area contributed by atoms with Gasteiger partial charge < -0.3 is 20.6 Å². The predicted octanol–water partition coefficient (Wildman–Crippen LogP) is 1.72. The summed E-state index contributed by atoms with van der Waals surface area (Å²) < 4.78 is 4.87. The minimum Gasteiger partial charge on any atom is -0.508 e. The first-order valence-electron chi connectivity index (χ1n) is 6.28. The van der Waals surface area contributed by atoms with Crippen LogP contribution in [0.5, 0.6) is 5.75 Å². The minimum absolute atomic E-state index is 0.00245. The number of ketones is 1. The summed E-state index contributed by atoms with van der Waals surface area (Å²) in [6.45, 7) is 0. The molecule has 1 aromatic carbocycles. The van der Waals surface area contributed by atoms with Gasteiger partial charge in [-0.2, -0.15) is 0 Å². The van der Waals surface area contributed by atoms with Crippen LogP contribution in [0.4, 0.5) is 0 Å². The Balaban J connectivity index is 2.09. The molecule has 0 heterocycles. The number of halogens is 1. The molecule has 0 fully saturated rings. The number of ether oxygens (including phenoxy) is 1. The van der Waals surface area contributed by atoms with E-state index < -0.39 is 11.7 Å². The van der Waals surface area contributed by atoms with Crippen LogP contribution >= 0.6 is 11.6 Å². The summed E-state index contributed by atoms with van der Waals surface area (Å²) in [4.78, 5) is 24.0. The van der Waals surface area contributed by atoms with E-state index in [1.165, 1.54) is 37.5 Å². The van der Waals surface area contributed by atoms with Crippen LogP contribution in [0.15, 0.2) is 41.8 Å². The zero-order valence-corrected chi connectivity index (χ0v) is 12.4. The second-order valence-corrected chi connectivity index (χ2v) is 4.96. The number of phenolic OH excluding ortho intramolecular Hbond substituents is 1. The van der Waals surface area contributed by atoms with Crippen molar-refractivity contribution in [1.82, 2.24) is 5.32 Å². The Kier molecular flexibility index (Phi) is 4.62. The van der Waals surface area contributed by atoms with Gasteiger partial charge in [0.05, 0.1) is 24.9 Å². The summed E-state index contributed by atoms with van der Waals surface area (Å²) in [5.74, 6) is -0.964. The van der Waals surface area contributed by atoms with E-state index in [1.807, 2.05) is 0 Å². The molecule has 0 radical (unpaired) electrons. The lowest BCUT2D eigenvalue weighted by molar-refractivity contribution is -0.122. The molecule has 2 rings (SSSR count). The zero-order chi connectivity index (χ0) is 16.3. The van der Waals surface area contributed by atoms with Gasteiger partial charge in [-0.05, 0) is 23.8 Å². The number of methoxy groups -OCH3 is 1. The molecule has 0 aliphatic heterocycles. The molecule has 3 N–H and O–H groups in total. The zero-order valence-electron chi connectivity index (χ0n) is 11.6. The Morgan fingerprint density at radius 1 is 1.41 bits per heavy atom. The lowest BCUT2D eigenvalue weighted by Crippen LogP contribution is -2.32. The molecule has 0 saturated heterocycles. The van der Waals surface area contributed by atoms with Gasteiger partial charge in [-0.3, -0.25) is 9.59 Å². The third kappa shape index (κ3) is 3.53. The first-order valence-corrected chi connectivity index (χ1v) is 6.66. The molecule has 6 nitrogen and oxygen atoms in total. The summed E-state index contributed by atoms with van der Waals surface area (Å²) in [5.41, 5.74) is 0.539. The quantitative estimate of drug-likeness (QED) is 0.735. The van der Waals surface area contributed by atoms with Gasteiger partial charge in [0.15, 0.2) is 5.76 Å². The van der Waals surface area contributed by atoms with Gasteiger partial charge in [-0.1, -0.05) is 17.7 Å². The number of allylic oxidation sites excluding steroid dienone is 2. The number of nitrogens with one attached hydrogen (secondary N) is 2. The molecule has 1 aliphatic carbocycles. The lowest BCUT2D eigenvalue weighted by atomic mass is 10.1. The molecule has 1 amide bonds. The first-order chi connectivity index (χ1) is 10.4. The van der Waals surface area contributed by atoms with E-state index in [9.17, 15) is 14.7 Å². The highest BCUT2D eigenvalue weighted by atomic mass is 35.5. The lowest BCUT2D eigenvalue weighted by Gasteiger charge is -2.14. The van der Waals surface area contributed by atoms with Crippen LogP contribution in [0.25, 0.3) is 0 Å². The van der Waals surface area contributed by atoms with Gasteiger partial charge >= 0.3 is 0 Å². The fourth-order valence-electron chi connectivity index (χ4n) is 1.89. The molecular weight excluding hydrogens is 308 g/mol. The van der Waals surface area contributed by atoms with Crippen LogP contribution in [-0.2, 0) is 20.7 Å². The van der Waals surface area contributed by atoms with Crippen LogP contribution in [0.1, 0.15) is 5.56 Å². The number of hydrogen-bond acceptors (Lipinski definition) is 5. The highest BCUT2D eigenvalue weighted by Gasteiger charge is 2.23. The molecule has 0 bridgehead atoms. The molecule has 0 aromatic heterocycles. The summed E-state index contributed by atoms with van der Waals surface area (Å²) in [6, 6.07) is 4.27. The van der Waals surface area contributed by atoms with Crippen molar-refractivity contribution in [1.29, 1.82) is 5.41 Å². The topological polar surface area (TPSA) is 99.5 Å². The van der Waals surface area contributed by atoms with E-state index in [0.29, 0.717) is 5.56 Å². The first kappa shape index (κ1) is 15.8. The molecule has 114 valence electrons. The summed E-state index contributed by atoms with van der Waals surface area (Å²) in [5, 5.41) is 19.5. The highest BCUT2D eigenvalue weighted by Crippen LogP contribution is 2.22. The Labute approximate surface area is 131 Å². The maximum atomic E-state index is 12.0. The van der Waals surface area contributed by atoms with Crippen molar-refractivity contribution in [3.8, 4) is 5.75 Å². The number of carbonyl (C=O) groups excluding carboxylic acids is 2. The predicted molar refractivity (Wildman–Crippen MR) is 80.9 cm³/mol. The van der Waals surface area contributed by atoms with Crippen molar-refractivity contribution in [2.24, 2.45) is 0 Å². The molecule has 22 heavy (non-hydrogen) atoms. The smallest absolute Gasteiger partial charge is 0.243 e. The van der Waals surface area contributed by atoms with E-state index in [0.717, 1.165) is 0 Å². The maximum Gasteiger partial charge on any atom is 0.243 e. The third-order valence-electron chi connectivity index (χ3n) is 2.94. The average Bonchev–Trinajstić information content (AvgIpc) is 2.45. The standard InChI is InChI=1S/C15H13ClN2O4/c1-22-13-6-9(17)5-12(15(13)21)18-14(20)4-8-2-3-10(19)7-11(8)16/h2-3,5-7,17,19H,4H2,1H3,(H,18,20). The van der Waals surface area contributed by atoms with E-state index in [4.69, 9.17) is 21.7 Å². The average molecular weight is 321 g/mol. The van der Waals surface area contributed by atoms with Crippen LogP contribution < -0.4 is 5.32 Å². The highest BCUT2D eigenvalue weighted by molar-refractivity contribution is 6.31. The molecule has 1 aliphatic rings. The van der Waals surface area contributed by atoms with Crippen molar-refractivity contribution >= 4 is 29.0 Å². The number of carbonyl (C=O) groups is 2. The van der Waals surface area contributed by atoms with E-state index >= 15 is 0 Å².